The second kappa shape index (κ2) is 6.35. The molecule has 1 aliphatic heterocycles. The first-order chi connectivity index (χ1) is 10.4. The van der Waals surface area contributed by atoms with Crippen LogP contribution >= 0.6 is 0 Å². The van der Waals surface area contributed by atoms with Crippen LogP contribution in [0.2, 0.25) is 0 Å². The van der Waals surface area contributed by atoms with Gasteiger partial charge in [0.05, 0.1) is 29.3 Å². The van der Waals surface area contributed by atoms with Crippen molar-refractivity contribution in [2.75, 3.05) is 24.6 Å². The maximum atomic E-state index is 14.2. The van der Waals surface area contributed by atoms with Gasteiger partial charge in [0.2, 0.25) is 0 Å². The van der Waals surface area contributed by atoms with E-state index in [9.17, 15) is 9.18 Å². The Bertz CT molecular complexity index is 609. The van der Waals surface area contributed by atoms with Gasteiger partial charge >= 0.3 is 5.97 Å². The summed E-state index contributed by atoms with van der Waals surface area (Å²) < 4.78 is 19.4. The van der Waals surface area contributed by atoms with Gasteiger partial charge in [0.15, 0.2) is 0 Å². The zero-order valence-corrected chi connectivity index (χ0v) is 13.2. The molecule has 4 nitrogen and oxygen atoms in total. The maximum Gasteiger partial charge on any atom is 0.314 e. The van der Waals surface area contributed by atoms with Crippen LogP contribution in [0.15, 0.2) is 18.2 Å². The van der Waals surface area contributed by atoms with Gasteiger partial charge in [-0.1, -0.05) is 13.8 Å². The van der Waals surface area contributed by atoms with Crippen LogP contribution in [0.3, 0.4) is 0 Å². The fourth-order valence-electron chi connectivity index (χ4n) is 3.02. The van der Waals surface area contributed by atoms with Crippen LogP contribution in [-0.2, 0) is 9.53 Å². The first kappa shape index (κ1) is 16.3. The van der Waals surface area contributed by atoms with Gasteiger partial charge in [-0.15, -0.1) is 0 Å². The van der Waals surface area contributed by atoms with Crippen LogP contribution in [0.25, 0.3) is 0 Å². The Kier molecular flexibility index (Phi) is 4.70. The summed E-state index contributed by atoms with van der Waals surface area (Å²) in [5, 5.41) is 8.81. The molecule has 0 radical (unpaired) electrons. The van der Waals surface area contributed by atoms with E-state index in [1.54, 1.807) is 19.1 Å². The number of hydrogen-bond acceptors (Lipinski definition) is 4. The van der Waals surface area contributed by atoms with Gasteiger partial charge in [-0.3, -0.25) is 4.79 Å². The molecule has 0 saturated carbocycles. The summed E-state index contributed by atoms with van der Waals surface area (Å²) in [6, 6.07) is 6.36. The Labute approximate surface area is 130 Å². The number of rotatable bonds is 4. The third-order valence-electron chi connectivity index (χ3n) is 4.51. The van der Waals surface area contributed by atoms with Gasteiger partial charge in [-0.2, -0.15) is 5.26 Å². The summed E-state index contributed by atoms with van der Waals surface area (Å²) >= 11 is 0. The molecule has 0 amide bonds. The van der Waals surface area contributed by atoms with E-state index in [0.717, 1.165) is 0 Å². The Morgan fingerprint density at radius 2 is 2.27 bits per heavy atom. The summed E-state index contributed by atoms with van der Waals surface area (Å²) in [7, 11) is 0. The van der Waals surface area contributed by atoms with E-state index < -0.39 is 11.2 Å². The molecular formula is C17H21FN2O2. The molecule has 0 N–H and O–H groups in total. The Hall–Kier alpha value is -2.09. The molecule has 0 aliphatic carbocycles. The number of benzene rings is 1. The molecule has 1 unspecified atom stereocenters. The monoisotopic (exact) mass is 304 g/mol. The predicted octanol–water partition coefficient (Wildman–Crippen LogP) is 3.11. The first-order valence-electron chi connectivity index (χ1n) is 7.56. The molecule has 118 valence electrons. The zero-order chi connectivity index (χ0) is 16.3. The van der Waals surface area contributed by atoms with E-state index in [1.165, 1.54) is 6.07 Å². The SMILES string of the molecule is CCOC(=O)C1(C(C)C)CCN(c2ccc(C#N)cc2F)C1. The Balaban J connectivity index is 2.27. The molecule has 1 saturated heterocycles. The third kappa shape index (κ3) is 2.78. The maximum absolute atomic E-state index is 14.2. The summed E-state index contributed by atoms with van der Waals surface area (Å²) in [6.07, 6.45) is 0.642. The van der Waals surface area contributed by atoms with Gasteiger partial charge in [0.25, 0.3) is 0 Å². The van der Waals surface area contributed by atoms with Gasteiger partial charge in [-0.05, 0) is 37.5 Å². The average Bonchev–Trinajstić information content (AvgIpc) is 2.93. The third-order valence-corrected chi connectivity index (χ3v) is 4.51. The lowest BCUT2D eigenvalue weighted by Crippen LogP contribution is -2.40. The average molecular weight is 304 g/mol. The van der Waals surface area contributed by atoms with Crippen molar-refractivity contribution in [1.29, 1.82) is 5.26 Å². The fourth-order valence-corrected chi connectivity index (χ4v) is 3.02. The van der Waals surface area contributed by atoms with Crippen LogP contribution in [0.1, 0.15) is 32.8 Å². The number of ether oxygens (including phenoxy) is 1. The van der Waals surface area contributed by atoms with Crippen LogP contribution < -0.4 is 4.90 Å². The second-order valence-electron chi connectivity index (χ2n) is 5.98. The number of hydrogen-bond donors (Lipinski definition) is 0. The van der Waals surface area contributed by atoms with Gasteiger partial charge in [0, 0.05) is 13.1 Å². The summed E-state index contributed by atoms with van der Waals surface area (Å²) in [6.45, 7) is 7.16. The number of nitriles is 1. The summed E-state index contributed by atoms with van der Waals surface area (Å²) in [4.78, 5) is 14.3. The van der Waals surface area contributed by atoms with Crippen LogP contribution in [-0.4, -0.2) is 25.7 Å². The Morgan fingerprint density at radius 3 is 2.82 bits per heavy atom. The molecule has 1 fully saturated rings. The molecule has 1 aromatic carbocycles. The number of anilines is 1. The zero-order valence-electron chi connectivity index (χ0n) is 13.2. The van der Waals surface area contributed by atoms with Crippen molar-refractivity contribution in [3.05, 3.63) is 29.6 Å². The molecule has 0 aromatic heterocycles. The minimum absolute atomic E-state index is 0.109. The van der Waals surface area contributed by atoms with Crippen molar-refractivity contribution in [1.82, 2.24) is 0 Å². The van der Waals surface area contributed by atoms with E-state index in [4.69, 9.17) is 10.00 Å². The number of esters is 1. The van der Waals surface area contributed by atoms with Gasteiger partial charge < -0.3 is 9.64 Å². The highest BCUT2D eigenvalue weighted by molar-refractivity contribution is 5.79. The van der Waals surface area contributed by atoms with Crippen LogP contribution in [0.4, 0.5) is 10.1 Å². The highest BCUT2D eigenvalue weighted by Gasteiger charge is 2.48. The summed E-state index contributed by atoms with van der Waals surface area (Å²) in [5.74, 6) is -0.526. The lowest BCUT2D eigenvalue weighted by atomic mass is 9.76. The standard InChI is InChI=1S/C17H21FN2O2/c1-4-22-16(21)17(12(2)3)7-8-20(11-17)15-6-5-13(10-19)9-14(15)18/h5-6,9,12H,4,7-8,11H2,1-3H3. The number of carbonyl (C=O) groups is 1. The molecule has 0 bridgehead atoms. The molecule has 5 heteroatoms. The molecule has 1 atom stereocenters. The highest BCUT2D eigenvalue weighted by atomic mass is 19.1. The minimum atomic E-state index is -0.601. The normalized spacial score (nSPS) is 21.0. The largest absolute Gasteiger partial charge is 0.466 e. The Morgan fingerprint density at radius 1 is 1.55 bits per heavy atom. The van der Waals surface area contributed by atoms with E-state index in [1.807, 2.05) is 24.8 Å². The number of halogens is 1. The van der Waals surface area contributed by atoms with E-state index in [-0.39, 0.29) is 11.9 Å². The lowest BCUT2D eigenvalue weighted by Gasteiger charge is -2.31. The summed E-state index contributed by atoms with van der Waals surface area (Å²) in [5.41, 5.74) is 0.128. The number of nitrogens with zero attached hydrogens (tertiary/aromatic N) is 2. The molecule has 1 aromatic rings. The van der Waals surface area contributed by atoms with Crippen molar-refractivity contribution in [3.8, 4) is 6.07 Å². The quantitative estimate of drug-likeness (QED) is 0.802. The molecule has 0 spiro atoms. The van der Waals surface area contributed by atoms with Crippen molar-refractivity contribution >= 4 is 11.7 Å². The predicted molar refractivity (Wildman–Crippen MR) is 81.8 cm³/mol. The van der Waals surface area contributed by atoms with Gasteiger partial charge in [0.1, 0.15) is 5.82 Å². The van der Waals surface area contributed by atoms with E-state index in [2.05, 4.69) is 0 Å². The van der Waals surface area contributed by atoms with E-state index in [0.29, 0.717) is 37.4 Å². The first-order valence-corrected chi connectivity index (χ1v) is 7.56. The molecular weight excluding hydrogens is 283 g/mol. The topological polar surface area (TPSA) is 53.3 Å². The van der Waals surface area contributed by atoms with Crippen LogP contribution in [0.5, 0.6) is 0 Å². The smallest absolute Gasteiger partial charge is 0.314 e. The molecule has 1 heterocycles. The highest BCUT2D eigenvalue weighted by Crippen LogP contribution is 2.41. The van der Waals surface area contributed by atoms with Crippen molar-refractivity contribution < 1.29 is 13.9 Å². The van der Waals surface area contributed by atoms with Crippen molar-refractivity contribution in [3.63, 3.8) is 0 Å². The second-order valence-corrected chi connectivity index (χ2v) is 5.98. The molecule has 22 heavy (non-hydrogen) atoms. The van der Waals surface area contributed by atoms with Crippen LogP contribution in [0, 0.1) is 28.5 Å². The number of carbonyl (C=O) groups excluding carboxylic acids is 1. The van der Waals surface area contributed by atoms with E-state index >= 15 is 0 Å². The molecule has 2 rings (SSSR count). The lowest BCUT2D eigenvalue weighted by molar-refractivity contribution is -0.156. The molecule has 1 aliphatic rings. The van der Waals surface area contributed by atoms with Crippen molar-refractivity contribution in [2.45, 2.75) is 27.2 Å². The minimum Gasteiger partial charge on any atom is -0.466 e. The fraction of sp³-hybridized carbons (Fsp3) is 0.529. The van der Waals surface area contributed by atoms with Crippen molar-refractivity contribution in [2.24, 2.45) is 11.3 Å². The van der Waals surface area contributed by atoms with Gasteiger partial charge in [-0.25, -0.2) is 4.39 Å².